The molecule has 0 N–H and O–H groups in total. The Hall–Kier alpha value is 0.0500. The molecule has 1 fully saturated rings. The van der Waals surface area contributed by atoms with Gasteiger partial charge in [0.25, 0.3) is 0 Å². The molecule has 2 rings (SSSR count). The lowest BCUT2D eigenvalue weighted by atomic mass is 10.2. The van der Waals surface area contributed by atoms with Gasteiger partial charge in [0.05, 0.1) is 26.9 Å². The molecule has 1 aliphatic rings. The van der Waals surface area contributed by atoms with Crippen molar-refractivity contribution in [1.82, 2.24) is 0 Å². The van der Waals surface area contributed by atoms with E-state index in [4.69, 9.17) is 14.2 Å². The number of thioether (sulfide) groups is 1. The fraction of sp³-hybridized carbons (Fsp3) is 0.500. The van der Waals surface area contributed by atoms with Crippen molar-refractivity contribution in [1.29, 1.82) is 0 Å². The van der Waals surface area contributed by atoms with Gasteiger partial charge < -0.3 is 38.2 Å². The first-order chi connectivity index (χ1) is 8.30. The molecule has 6 heteroatoms. The molecule has 1 aliphatic heterocycles. The van der Waals surface area contributed by atoms with Crippen LogP contribution in [0.1, 0.15) is 10.1 Å². The first kappa shape index (κ1) is 16.1. The molecule has 0 amide bonds. The van der Waals surface area contributed by atoms with Crippen molar-refractivity contribution >= 4 is 23.5 Å². The molecule has 1 unspecified atom stereocenters. The van der Waals surface area contributed by atoms with Crippen LogP contribution >= 0.6 is 11.8 Å². The fourth-order valence-corrected chi connectivity index (χ4v) is 5.03. The van der Waals surface area contributed by atoms with Crippen molar-refractivity contribution in [2.45, 2.75) is 4.58 Å². The van der Waals surface area contributed by atoms with Crippen LogP contribution in [-0.4, -0.2) is 32.8 Å². The Morgan fingerprint density at radius 2 is 1.72 bits per heavy atom. The molecule has 1 heterocycles. The normalized spacial score (nSPS) is 18.1. The molecule has 1 saturated heterocycles. The maximum atomic E-state index is 5.46. The van der Waals surface area contributed by atoms with Gasteiger partial charge in [-0.25, -0.2) is 0 Å². The van der Waals surface area contributed by atoms with E-state index in [9.17, 15) is 0 Å². The van der Waals surface area contributed by atoms with Gasteiger partial charge in [0.2, 0.25) is 0 Å². The fourth-order valence-electron chi connectivity index (χ4n) is 1.84. The van der Waals surface area contributed by atoms with Crippen LogP contribution in [0.2, 0.25) is 0 Å². The summed E-state index contributed by atoms with van der Waals surface area (Å²) in [5, 5.41) is 0. The molecular weight excluding hydrogens is 383 g/mol. The maximum absolute atomic E-state index is 5.46. The maximum Gasteiger partial charge on any atom is 0.193 e. The van der Waals surface area contributed by atoms with Crippen LogP contribution in [0, 0.1) is 0 Å². The summed E-state index contributed by atoms with van der Waals surface area (Å²) < 4.78 is 16.6. The van der Waals surface area contributed by atoms with E-state index in [1.165, 1.54) is 23.3 Å². The average Bonchev–Trinajstić information content (AvgIpc) is 2.90. The van der Waals surface area contributed by atoms with E-state index < -0.39 is 0 Å². The summed E-state index contributed by atoms with van der Waals surface area (Å²) >= 11 is 3.39. The van der Waals surface area contributed by atoms with E-state index in [1.807, 2.05) is 23.9 Å². The van der Waals surface area contributed by atoms with E-state index in [-0.39, 0.29) is 24.0 Å². The molecule has 0 radical (unpaired) electrons. The first-order valence-corrected chi connectivity index (χ1v) is 7.58. The van der Waals surface area contributed by atoms with Gasteiger partial charge in [-0.05, 0) is 11.8 Å². The highest BCUT2D eigenvalue weighted by molar-refractivity contribution is 8.11. The smallest absolute Gasteiger partial charge is 0.193 e. The average molecular weight is 400 g/mol. The van der Waals surface area contributed by atoms with Crippen LogP contribution < -0.4 is 38.2 Å². The lowest BCUT2D eigenvalue weighted by Gasteiger charge is -2.15. The van der Waals surface area contributed by atoms with E-state index in [1.54, 1.807) is 21.3 Å². The number of hydrogen-bond donors (Lipinski definition) is 0. The zero-order valence-electron chi connectivity index (χ0n) is 10.6. The minimum absolute atomic E-state index is 0. The van der Waals surface area contributed by atoms with Crippen LogP contribution in [-0.2, 0) is 11.8 Å². The summed E-state index contributed by atoms with van der Waals surface area (Å²) in [5.74, 6) is 4.90. The third kappa shape index (κ3) is 3.33. The zero-order valence-corrected chi connectivity index (χ0v) is 14.5. The Balaban J connectivity index is 0.00000162. The van der Waals surface area contributed by atoms with Gasteiger partial charge in [-0.15, -0.1) is 0 Å². The van der Waals surface area contributed by atoms with Crippen molar-refractivity contribution in [3.63, 3.8) is 0 Å². The largest absolute Gasteiger partial charge is 1.00 e. The van der Waals surface area contributed by atoms with Gasteiger partial charge in [-0.2, -0.15) is 0 Å². The quantitative estimate of drug-likeness (QED) is 0.379. The molecule has 0 aromatic heterocycles. The van der Waals surface area contributed by atoms with Crippen molar-refractivity contribution in [3.05, 3.63) is 17.7 Å². The third-order valence-electron chi connectivity index (χ3n) is 2.66. The summed E-state index contributed by atoms with van der Waals surface area (Å²) in [5.41, 5.74) is 1.15. The summed E-state index contributed by atoms with van der Waals surface area (Å²) in [6, 6.07) is 3.85. The highest BCUT2D eigenvalue weighted by atomic mass is 127. The molecule has 102 valence electrons. The Kier molecular flexibility index (Phi) is 6.79. The Morgan fingerprint density at radius 3 is 2.11 bits per heavy atom. The summed E-state index contributed by atoms with van der Waals surface area (Å²) in [4.78, 5) is 0. The molecule has 1 aromatic rings. The van der Waals surface area contributed by atoms with Crippen LogP contribution in [0.25, 0.3) is 0 Å². The highest BCUT2D eigenvalue weighted by Gasteiger charge is 2.32. The topological polar surface area (TPSA) is 27.7 Å². The van der Waals surface area contributed by atoms with Crippen molar-refractivity contribution in [2.24, 2.45) is 0 Å². The molecule has 0 bridgehead atoms. The van der Waals surface area contributed by atoms with Gasteiger partial charge in [0, 0.05) is 17.9 Å². The molecule has 1 atom stereocenters. The molecular formula is C12H17IO3S2. The zero-order chi connectivity index (χ0) is 12.3. The number of thiol groups is 1. The predicted octanol–water partition coefficient (Wildman–Crippen LogP) is -0.723. The predicted molar refractivity (Wildman–Crippen MR) is 74.9 cm³/mol. The minimum Gasteiger partial charge on any atom is -1.00 e. The number of rotatable bonds is 4. The summed E-state index contributed by atoms with van der Waals surface area (Å²) in [7, 11) is 5.03. The molecule has 0 saturated carbocycles. The van der Waals surface area contributed by atoms with Gasteiger partial charge in [-0.3, -0.25) is 0 Å². The Morgan fingerprint density at radius 1 is 1.11 bits per heavy atom. The lowest BCUT2D eigenvalue weighted by Crippen LogP contribution is -3.00. The second-order valence-corrected chi connectivity index (χ2v) is 6.47. The molecule has 18 heavy (non-hydrogen) atoms. The second-order valence-electron chi connectivity index (χ2n) is 3.57. The van der Waals surface area contributed by atoms with Crippen LogP contribution in [0.5, 0.6) is 17.2 Å². The van der Waals surface area contributed by atoms with Gasteiger partial charge in [-0.1, -0.05) is 11.8 Å². The van der Waals surface area contributed by atoms with Gasteiger partial charge in [0.1, 0.15) is 23.0 Å². The standard InChI is InChI=1S/C12H16O3S2.HI/c1-13-8-6-9(14-2)11(10(7-8)15-3)12-16-4-5-17-12;/h6-7,12H,4-5H2,1-3H3;1H. The van der Waals surface area contributed by atoms with Crippen molar-refractivity contribution in [2.75, 3.05) is 32.8 Å². The number of halogens is 1. The number of hydrogen-bond acceptors (Lipinski definition) is 4. The van der Waals surface area contributed by atoms with E-state index in [2.05, 4.69) is 0 Å². The van der Waals surface area contributed by atoms with Gasteiger partial charge >= 0.3 is 0 Å². The van der Waals surface area contributed by atoms with Gasteiger partial charge in [0.15, 0.2) is 4.58 Å². The van der Waals surface area contributed by atoms with E-state index >= 15 is 0 Å². The lowest BCUT2D eigenvalue weighted by molar-refractivity contribution is -0.00000433. The third-order valence-corrected chi connectivity index (χ3v) is 5.92. The Labute approximate surface area is 133 Å². The number of ether oxygens (including phenoxy) is 3. The van der Waals surface area contributed by atoms with Crippen LogP contribution in [0.4, 0.5) is 0 Å². The molecule has 0 spiro atoms. The molecule has 1 aromatic carbocycles. The first-order valence-electron chi connectivity index (χ1n) is 5.38. The molecule has 3 nitrogen and oxygen atoms in total. The monoisotopic (exact) mass is 400 g/mol. The number of methoxy groups -OCH3 is 3. The van der Waals surface area contributed by atoms with Crippen molar-refractivity contribution in [3.8, 4) is 17.2 Å². The van der Waals surface area contributed by atoms with E-state index in [0.29, 0.717) is 4.58 Å². The van der Waals surface area contributed by atoms with Crippen LogP contribution in [0.15, 0.2) is 12.1 Å². The van der Waals surface area contributed by atoms with Crippen molar-refractivity contribution < 1.29 is 38.2 Å². The minimum atomic E-state index is 0. The highest BCUT2D eigenvalue weighted by Crippen LogP contribution is 2.46. The number of benzene rings is 1. The van der Waals surface area contributed by atoms with Crippen LogP contribution in [0.3, 0.4) is 0 Å². The second kappa shape index (κ2) is 7.59. The SMILES string of the molecule is COc1cc(OC)c(C2SCC[SH+]2)c(OC)c1.[I-]. The summed E-state index contributed by atoms with van der Waals surface area (Å²) in [6.45, 7) is 0. The molecule has 0 aliphatic carbocycles. The van der Waals surface area contributed by atoms with E-state index in [0.717, 1.165) is 22.8 Å². The Bertz CT molecular complexity index is 370. The summed E-state index contributed by atoms with van der Waals surface area (Å²) in [6.07, 6.45) is 0.